The van der Waals surface area contributed by atoms with E-state index in [-0.39, 0.29) is 5.95 Å². The number of rotatable bonds is 2. The number of hydrogen-bond donors (Lipinski definition) is 1. The van der Waals surface area contributed by atoms with Gasteiger partial charge in [0.25, 0.3) is 0 Å². The van der Waals surface area contributed by atoms with Gasteiger partial charge in [0.1, 0.15) is 0 Å². The minimum Gasteiger partial charge on any atom is -0.368 e. The monoisotopic (exact) mass is 284 g/mol. The van der Waals surface area contributed by atoms with Gasteiger partial charge in [-0.15, -0.1) is 0 Å². The molecule has 3 rings (SSSR count). The second-order valence-corrected chi connectivity index (χ2v) is 5.43. The van der Waals surface area contributed by atoms with Gasteiger partial charge in [-0.1, -0.05) is 18.2 Å². The largest absolute Gasteiger partial charge is 0.368 e. The van der Waals surface area contributed by atoms with E-state index in [1.807, 2.05) is 19.0 Å². The molecule has 0 fully saturated rings. The summed E-state index contributed by atoms with van der Waals surface area (Å²) in [5.74, 6) is 1.46. The third-order valence-corrected chi connectivity index (χ3v) is 3.63. The van der Waals surface area contributed by atoms with Crippen molar-refractivity contribution in [3.63, 3.8) is 0 Å². The van der Waals surface area contributed by atoms with Gasteiger partial charge in [-0.2, -0.15) is 15.0 Å². The summed E-state index contributed by atoms with van der Waals surface area (Å²) in [5, 5.41) is 0. The van der Waals surface area contributed by atoms with Crippen LogP contribution in [0.5, 0.6) is 0 Å². The zero-order chi connectivity index (χ0) is 14.8. The van der Waals surface area contributed by atoms with Crippen molar-refractivity contribution in [1.29, 1.82) is 0 Å². The van der Waals surface area contributed by atoms with Gasteiger partial charge in [0.15, 0.2) is 0 Å². The summed E-state index contributed by atoms with van der Waals surface area (Å²) >= 11 is 0. The highest BCUT2D eigenvalue weighted by Gasteiger charge is 2.20. The number of nitrogen functional groups attached to an aromatic ring is 1. The van der Waals surface area contributed by atoms with E-state index in [1.54, 1.807) is 0 Å². The number of benzene rings is 1. The molecule has 110 valence electrons. The molecule has 2 aromatic rings. The van der Waals surface area contributed by atoms with E-state index in [2.05, 4.69) is 44.1 Å². The fraction of sp³-hybridized carbons (Fsp3) is 0.400. The number of nitrogens with two attached hydrogens (primary N) is 1. The molecule has 0 spiro atoms. The van der Waals surface area contributed by atoms with E-state index in [9.17, 15) is 0 Å². The van der Waals surface area contributed by atoms with Crippen molar-refractivity contribution in [3.05, 3.63) is 29.8 Å². The minimum atomic E-state index is 0.255. The predicted octanol–water partition coefficient (Wildman–Crippen LogP) is 1.99. The number of hydrogen-bond acceptors (Lipinski definition) is 6. The highest BCUT2D eigenvalue weighted by atomic mass is 15.3. The van der Waals surface area contributed by atoms with Gasteiger partial charge in [0, 0.05) is 26.3 Å². The Hall–Kier alpha value is -2.37. The molecule has 0 bridgehead atoms. The normalized spacial score (nSPS) is 14.5. The first-order valence-corrected chi connectivity index (χ1v) is 7.19. The molecule has 1 aromatic heterocycles. The van der Waals surface area contributed by atoms with Crippen molar-refractivity contribution in [1.82, 2.24) is 15.0 Å². The van der Waals surface area contributed by atoms with Gasteiger partial charge in [-0.3, -0.25) is 0 Å². The van der Waals surface area contributed by atoms with Crippen LogP contribution in [0.4, 0.5) is 23.5 Å². The molecule has 0 unspecified atom stereocenters. The lowest BCUT2D eigenvalue weighted by Gasteiger charge is -2.23. The zero-order valence-electron chi connectivity index (χ0n) is 12.5. The summed E-state index contributed by atoms with van der Waals surface area (Å²) in [4.78, 5) is 17.0. The number of para-hydroxylation sites is 1. The molecule has 0 radical (unpaired) electrons. The highest BCUT2D eigenvalue weighted by molar-refractivity contribution is 5.63. The van der Waals surface area contributed by atoms with E-state index in [4.69, 9.17) is 5.73 Å². The smallest absolute Gasteiger partial charge is 0.236 e. The fourth-order valence-electron chi connectivity index (χ4n) is 2.59. The maximum Gasteiger partial charge on any atom is 0.236 e. The number of fused-ring (bicyclic) bond motifs is 1. The molecule has 0 atom stereocenters. The number of aromatic nitrogens is 3. The van der Waals surface area contributed by atoms with Crippen molar-refractivity contribution in [2.75, 3.05) is 36.2 Å². The van der Waals surface area contributed by atoms with Crippen molar-refractivity contribution in [2.45, 2.75) is 19.3 Å². The number of aryl methyl sites for hydroxylation is 1. The fourth-order valence-corrected chi connectivity index (χ4v) is 2.59. The first kappa shape index (κ1) is 13.6. The molecular weight excluding hydrogens is 264 g/mol. The maximum atomic E-state index is 5.85. The van der Waals surface area contributed by atoms with Gasteiger partial charge in [-0.05, 0) is 30.9 Å². The molecule has 1 aliphatic heterocycles. The molecule has 0 saturated heterocycles. The molecule has 0 saturated carbocycles. The molecule has 1 aromatic carbocycles. The van der Waals surface area contributed by atoms with Crippen LogP contribution < -0.4 is 15.5 Å². The molecule has 0 aliphatic carbocycles. The Labute approximate surface area is 124 Å². The average Bonchev–Trinajstić information content (AvgIpc) is 2.69. The van der Waals surface area contributed by atoms with E-state index in [1.165, 1.54) is 17.7 Å². The van der Waals surface area contributed by atoms with Crippen LogP contribution in [-0.2, 0) is 6.42 Å². The van der Waals surface area contributed by atoms with E-state index < -0.39 is 0 Å². The minimum absolute atomic E-state index is 0.255. The third-order valence-electron chi connectivity index (χ3n) is 3.63. The Morgan fingerprint density at radius 3 is 2.71 bits per heavy atom. The Bertz CT molecular complexity index is 640. The average molecular weight is 284 g/mol. The molecular formula is C15H20N6. The molecule has 1 aliphatic rings. The second-order valence-electron chi connectivity index (χ2n) is 5.43. The molecule has 6 nitrogen and oxygen atoms in total. The van der Waals surface area contributed by atoms with Crippen molar-refractivity contribution in [2.24, 2.45) is 0 Å². The topological polar surface area (TPSA) is 71.2 Å². The predicted molar refractivity (Wildman–Crippen MR) is 85.0 cm³/mol. The Kier molecular flexibility index (Phi) is 3.60. The van der Waals surface area contributed by atoms with Gasteiger partial charge >= 0.3 is 0 Å². The van der Waals surface area contributed by atoms with Crippen LogP contribution in [0.3, 0.4) is 0 Å². The highest BCUT2D eigenvalue weighted by Crippen LogP contribution is 2.31. The Balaban J connectivity index is 2.07. The second kappa shape index (κ2) is 5.55. The van der Waals surface area contributed by atoms with Crippen molar-refractivity contribution >= 4 is 23.5 Å². The third kappa shape index (κ3) is 2.74. The first-order valence-electron chi connectivity index (χ1n) is 7.19. The molecule has 6 heteroatoms. The lowest BCUT2D eigenvalue weighted by molar-refractivity contribution is 0.751. The standard InChI is InChI=1S/C15H20N6/c1-20(2)14-17-13(16)18-15(19-14)21-10-6-5-8-11-7-3-4-9-12(11)21/h3-4,7,9H,5-6,8,10H2,1-2H3,(H2,16,17,18,19). The summed E-state index contributed by atoms with van der Waals surface area (Å²) < 4.78 is 0. The maximum absolute atomic E-state index is 5.85. The summed E-state index contributed by atoms with van der Waals surface area (Å²) in [7, 11) is 3.80. The lowest BCUT2D eigenvalue weighted by Crippen LogP contribution is -2.23. The molecule has 0 amide bonds. The van der Waals surface area contributed by atoms with Gasteiger partial charge < -0.3 is 15.5 Å². The van der Waals surface area contributed by atoms with Gasteiger partial charge in [-0.25, -0.2) is 0 Å². The Morgan fingerprint density at radius 1 is 1.10 bits per heavy atom. The summed E-state index contributed by atoms with van der Waals surface area (Å²) in [6, 6.07) is 8.42. The quantitative estimate of drug-likeness (QED) is 0.909. The van der Waals surface area contributed by atoms with Crippen LogP contribution in [0, 0.1) is 0 Å². The van der Waals surface area contributed by atoms with Crippen LogP contribution in [0.1, 0.15) is 18.4 Å². The van der Waals surface area contributed by atoms with Crippen molar-refractivity contribution in [3.8, 4) is 0 Å². The van der Waals surface area contributed by atoms with E-state index in [0.717, 1.165) is 19.4 Å². The SMILES string of the molecule is CN(C)c1nc(N)nc(N2CCCCc3ccccc32)n1. The molecule has 2 N–H and O–H groups in total. The number of nitrogens with zero attached hydrogens (tertiary/aromatic N) is 5. The van der Waals surface area contributed by atoms with E-state index in [0.29, 0.717) is 11.9 Å². The van der Waals surface area contributed by atoms with Gasteiger partial charge in [0.2, 0.25) is 17.8 Å². The molecule has 21 heavy (non-hydrogen) atoms. The van der Waals surface area contributed by atoms with Crippen LogP contribution in [0.15, 0.2) is 24.3 Å². The van der Waals surface area contributed by atoms with Crippen LogP contribution in [0.2, 0.25) is 0 Å². The van der Waals surface area contributed by atoms with Crippen LogP contribution in [-0.4, -0.2) is 35.6 Å². The lowest BCUT2D eigenvalue weighted by atomic mass is 10.1. The van der Waals surface area contributed by atoms with Crippen molar-refractivity contribution < 1.29 is 0 Å². The van der Waals surface area contributed by atoms with Crippen LogP contribution in [0.25, 0.3) is 0 Å². The summed E-state index contributed by atoms with van der Waals surface area (Å²) in [6.07, 6.45) is 3.37. The molecule has 2 heterocycles. The van der Waals surface area contributed by atoms with Gasteiger partial charge in [0.05, 0.1) is 0 Å². The summed E-state index contributed by atoms with van der Waals surface area (Å²) in [5.41, 5.74) is 8.35. The summed E-state index contributed by atoms with van der Waals surface area (Å²) in [6.45, 7) is 0.896. The van der Waals surface area contributed by atoms with E-state index >= 15 is 0 Å². The number of anilines is 4. The zero-order valence-corrected chi connectivity index (χ0v) is 12.5. The van der Waals surface area contributed by atoms with Crippen LogP contribution >= 0.6 is 0 Å². The Morgan fingerprint density at radius 2 is 1.90 bits per heavy atom. The first-order chi connectivity index (χ1) is 10.1.